The number of nitrogens with two attached hydrogens (primary N) is 1. The van der Waals surface area contributed by atoms with Crippen LogP contribution in [0.25, 0.3) is 0 Å². The summed E-state index contributed by atoms with van der Waals surface area (Å²) >= 11 is 0. The van der Waals surface area contributed by atoms with Gasteiger partial charge in [-0.1, -0.05) is 26.0 Å². The number of methoxy groups -OCH3 is 2. The molecule has 2 aliphatic heterocycles. The van der Waals surface area contributed by atoms with Crippen LogP contribution in [0.2, 0.25) is 0 Å². The second-order valence-corrected chi connectivity index (χ2v) is 11.5. The summed E-state index contributed by atoms with van der Waals surface area (Å²) in [6.07, 6.45) is 1.98. The zero-order valence-corrected chi connectivity index (χ0v) is 25.4. The number of allylic oxidation sites excluding steroid dienone is 4. The molecular weight excluding hydrogens is 545 g/mol. The second-order valence-electron chi connectivity index (χ2n) is 11.5. The number of halogens is 1. The first-order valence-electron chi connectivity index (χ1n) is 14.5. The molecule has 2 heterocycles. The first-order chi connectivity index (χ1) is 19.9. The normalized spacial score (nSPS) is 33.1. The maximum atomic E-state index is 15.9. The van der Waals surface area contributed by atoms with Gasteiger partial charge < -0.3 is 30.2 Å². The monoisotopic (exact) mass is 589 g/mol. The average Bonchev–Trinajstić information content (AvgIpc) is 2.90. The lowest BCUT2D eigenvalue weighted by molar-refractivity contribution is -0.120. The number of fused-ring (bicyclic) bond motifs is 2. The SMILES string of the molecule is CO[C@H]1C[C@H](C)CC2=C(N3CCC3)C(=O)C=C(NC(=O)/C(C)=C/CC[C@H](OC)[C@@H](OC(N)=O)/C(C)=C/[C@H](C)[C@@H]1F)C2=O. The highest BCUT2D eigenvalue weighted by Gasteiger charge is 2.36. The number of hydrogen-bond donors (Lipinski definition) is 2. The topological polar surface area (TPSA) is 137 Å². The summed E-state index contributed by atoms with van der Waals surface area (Å²) in [6.45, 7) is 8.27. The van der Waals surface area contributed by atoms with E-state index in [1.54, 1.807) is 32.9 Å². The van der Waals surface area contributed by atoms with E-state index in [4.69, 9.17) is 19.9 Å². The standard InChI is InChI=1S/C31H44FN3O7/c1-17-13-21-27(35-11-8-12-35)23(36)16-22(28(21)37)34-30(38)18(2)9-7-10-24(40-5)29(42-31(33)39)20(4)15-19(3)26(32)25(14-17)41-6/h9,15-17,19,24-26,29H,7-8,10-14H2,1-6H3,(H2,33,39)(H,34,38)/b18-9+,20-15+/t17-,19+,24+,25+,26+,29+/m1/s1. The van der Waals surface area contributed by atoms with Gasteiger partial charge in [-0.3, -0.25) is 14.4 Å². The molecule has 1 aliphatic carbocycles. The van der Waals surface area contributed by atoms with Crippen LogP contribution in [0, 0.1) is 11.8 Å². The van der Waals surface area contributed by atoms with Crippen molar-refractivity contribution in [2.45, 2.75) is 84.3 Å². The summed E-state index contributed by atoms with van der Waals surface area (Å²) in [5.74, 6) is -2.10. The number of ether oxygens (including phenoxy) is 3. The molecule has 42 heavy (non-hydrogen) atoms. The van der Waals surface area contributed by atoms with E-state index in [0.29, 0.717) is 48.3 Å². The van der Waals surface area contributed by atoms with Crippen molar-refractivity contribution in [3.05, 3.63) is 46.3 Å². The van der Waals surface area contributed by atoms with Crippen LogP contribution < -0.4 is 11.1 Å². The van der Waals surface area contributed by atoms with E-state index in [-0.39, 0.29) is 30.2 Å². The van der Waals surface area contributed by atoms with Gasteiger partial charge in [0.1, 0.15) is 6.17 Å². The van der Waals surface area contributed by atoms with E-state index >= 15 is 4.39 Å². The fraction of sp³-hybridized carbons (Fsp3) is 0.613. The van der Waals surface area contributed by atoms with E-state index in [0.717, 1.165) is 6.42 Å². The van der Waals surface area contributed by atoms with E-state index in [1.807, 2.05) is 11.8 Å². The van der Waals surface area contributed by atoms with Crippen molar-refractivity contribution in [2.24, 2.45) is 17.6 Å². The molecule has 2 amide bonds. The van der Waals surface area contributed by atoms with Crippen LogP contribution in [-0.2, 0) is 28.6 Å². The fourth-order valence-electron chi connectivity index (χ4n) is 5.73. The molecule has 11 heteroatoms. The van der Waals surface area contributed by atoms with Gasteiger partial charge in [0.05, 0.1) is 23.6 Å². The number of alkyl halides is 1. The van der Waals surface area contributed by atoms with Crippen LogP contribution in [0.3, 0.4) is 0 Å². The van der Waals surface area contributed by atoms with E-state index in [9.17, 15) is 19.2 Å². The number of amides is 2. The van der Waals surface area contributed by atoms with Gasteiger partial charge in [-0.25, -0.2) is 9.18 Å². The molecule has 232 valence electrons. The van der Waals surface area contributed by atoms with Crippen molar-refractivity contribution in [3.8, 4) is 0 Å². The quantitative estimate of drug-likeness (QED) is 0.374. The fourth-order valence-corrected chi connectivity index (χ4v) is 5.73. The maximum absolute atomic E-state index is 15.9. The average molecular weight is 590 g/mol. The van der Waals surface area contributed by atoms with Crippen molar-refractivity contribution in [1.82, 2.24) is 10.2 Å². The number of nitrogens with one attached hydrogen (secondary N) is 1. The van der Waals surface area contributed by atoms with Gasteiger partial charge in [0, 0.05) is 50.4 Å². The molecule has 1 saturated heterocycles. The summed E-state index contributed by atoms with van der Waals surface area (Å²) in [5.41, 5.74) is 6.87. The van der Waals surface area contributed by atoms with E-state index < -0.39 is 48.2 Å². The van der Waals surface area contributed by atoms with Crippen molar-refractivity contribution < 1.29 is 37.8 Å². The summed E-state index contributed by atoms with van der Waals surface area (Å²) in [5, 5.41) is 2.62. The molecule has 0 radical (unpaired) electrons. The van der Waals surface area contributed by atoms with Crippen molar-refractivity contribution in [3.63, 3.8) is 0 Å². The van der Waals surface area contributed by atoms with Crippen LogP contribution in [0.4, 0.5) is 9.18 Å². The Balaban J connectivity index is 2.02. The smallest absolute Gasteiger partial charge is 0.405 e. The highest BCUT2D eigenvalue weighted by Crippen LogP contribution is 2.32. The maximum Gasteiger partial charge on any atom is 0.405 e. The summed E-state index contributed by atoms with van der Waals surface area (Å²) < 4.78 is 32.4. The Kier molecular flexibility index (Phi) is 11.6. The minimum absolute atomic E-state index is 0.0769. The summed E-state index contributed by atoms with van der Waals surface area (Å²) in [4.78, 5) is 53.5. The Hall–Kier alpha value is -3.31. The van der Waals surface area contributed by atoms with Crippen molar-refractivity contribution in [1.29, 1.82) is 0 Å². The lowest BCUT2D eigenvalue weighted by Gasteiger charge is -2.37. The number of carbonyl (C=O) groups excluding carboxylic acids is 4. The zero-order valence-electron chi connectivity index (χ0n) is 25.4. The minimum Gasteiger partial charge on any atom is -0.439 e. The van der Waals surface area contributed by atoms with Gasteiger partial charge in [0.15, 0.2) is 6.10 Å². The Morgan fingerprint density at radius 2 is 1.76 bits per heavy atom. The van der Waals surface area contributed by atoms with Crippen LogP contribution >= 0.6 is 0 Å². The predicted octanol–water partition coefficient (Wildman–Crippen LogP) is 3.67. The number of carbonyl (C=O) groups is 4. The lowest BCUT2D eigenvalue weighted by atomic mass is 9.84. The third kappa shape index (κ3) is 7.95. The van der Waals surface area contributed by atoms with Gasteiger partial charge in [0.2, 0.25) is 11.6 Å². The molecule has 2 bridgehead atoms. The molecular formula is C31H44FN3O7. The minimum atomic E-state index is -1.42. The highest BCUT2D eigenvalue weighted by atomic mass is 19.1. The van der Waals surface area contributed by atoms with Gasteiger partial charge in [-0.05, 0) is 57.4 Å². The molecule has 0 saturated carbocycles. The Bertz CT molecular complexity index is 1190. The summed E-state index contributed by atoms with van der Waals surface area (Å²) in [7, 11) is 2.91. The molecule has 0 spiro atoms. The molecule has 3 rings (SSSR count). The zero-order chi connectivity index (χ0) is 31.1. The number of likely N-dealkylation sites (tertiary alicyclic amines) is 1. The molecule has 3 N–H and O–H groups in total. The third-order valence-electron chi connectivity index (χ3n) is 8.20. The number of ketones is 2. The van der Waals surface area contributed by atoms with Gasteiger partial charge in [-0.2, -0.15) is 0 Å². The van der Waals surface area contributed by atoms with Gasteiger partial charge in [0.25, 0.3) is 5.91 Å². The molecule has 0 aromatic carbocycles. The van der Waals surface area contributed by atoms with Crippen molar-refractivity contribution in [2.75, 3.05) is 27.3 Å². The Labute approximate surface area is 247 Å². The Morgan fingerprint density at radius 3 is 2.33 bits per heavy atom. The number of primary amides is 1. The Morgan fingerprint density at radius 1 is 1.10 bits per heavy atom. The van der Waals surface area contributed by atoms with E-state index in [1.165, 1.54) is 20.3 Å². The number of nitrogens with zero attached hydrogens (tertiary/aromatic N) is 1. The van der Waals surface area contributed by atoms with Crippen molar-refractivity contribution >= 4 is 23.6 Å². The van der Waals surface area contributed by atoms with E-state index in [2.05, 4.69) is 5.32 Å². The van der Waals surface area contributed by atoms with Crippen LogP contribution in [0.5, 0.6) is 0 Å². The number of Topliss-reactive ketones (excluding diaryl/α,β-unsaturated/α-hetero) is 1. The second kappa shape index (κ2) is 14.7. The number of rotatable bonds is 4. The third-order valence-corrected chi connectivity index (χ3v) is 8.20. The number of hydrogen-bond acceptors (Lipinski definition) is 8. The largest absolute Gasteiger partial charge is 0.439 e. The molecule has 10 nitrogen and oxygen atoms in total. The molecule has 3 aliphatic rings. The molecule has 0 aromatic rings. The van der Waals surface area contributed by atoms with Crippen LogP contribution in [0.1, 0.15) is 59.8 Å². The molecule has 0 aromatic heterocycles. The highest BCUT2D eigenvalue weighted by molar-refractivity contribution is 6.23. The molecule has 1 fully saturated rings. The molecule has 6 atom stereocenters. The van der Waals surface area contributed by atoms with Gasteiger partial charge >= 0.3 is 6.09 Å². The van der Waals surface area contributed by atoms with Crippen LogP contribution in [-0.4, -0.2) is 80.3 Å². The lowest BCUT2D eigenvalue weighted by Crippen LogP contribution is -2.43. The van der Waals surface area contributed by atoms with Crippen LogP contribution in [0.15, 0.2) is 46.3 Å². The first-order valence-corrected chi connectivity index (χ1v) is 14.5. The first kappa shape index (κ1) is 33.2. The predicted molar refractivity (Wildman–Crippen MR) is 155 cm³/mol. The molecule has 0 unspecified atom stereocenters. The van der Waals surface area contributed by atoms with Gasteiger partial charge in [-0.15, -0.1) is 0 Å². The summed E-state index contributed by atoms with van der Waals surface area (Å²) in [6, 6.07) is 0.